The lowest BCUT2D eigenvalue weighted by atomic mass is 9.77. The maximum absolute atomic E-state index is 14.2. The Hall–Kier alpha value is -1.04. The lowest BCUT2D eigenvalue weighted by molar-refractivity contribution is 0.0777. The summed E-state index contributed by atoms with van der Waals surface area (Å²) in [5.74, 6) is -0.610. The Morgan fingerprint density at radius 3 is 2.00 bits per heavy atom. The maximum atomic E-state index is 14.2. The zero-order valence-corrected chi connectivity index (χ0v) is 22.1. The molecule has 1 aliphatic heterocycles. The summed E-state index contributed by atoms with van der Waals surface area (Å²) in [6, 6.07) is 7.30. The van der Waals surface area contributed by atoms with Crippen molar-refractivity contribution in [1.29, 1.82) is 0 Å². The van der Waals surface area contributed by atoms with E-state index in [2.05, 4.69) is 11.7 Å². The molecule has 1 saturated carbocycles. The summed E-state index contributed by atoms with van der Waals surface area (Å²) >= 11 is 0. The highest BCUT2D eigenvalue weighted by molar-refractivity contribution is 6.58. The average molecular weight is 501 g/mol. The zero-order valence-electron chi connectivity index (χ0n) is 21.0. The first-order chi connectivity index (χ1) is 16.5. The van der Waals surface area contributed by atoms with Crippen LogP contribution in [0.1, 0.15) is 102 Å². The van der Waals surface area contributed by atoms with Crippen LogP contribution in [0, 0.1) is 23.5 Å². The predicted octanol–water partition coefficient (Wildman–Crippen LogP) is 9.27. The van der Waals surface area contributed by atoms with Crippen LogP contribution >= 0.6 is 0 Å². The first-order valence-electron chi connectivity index (χ1n) is 13.9. The lowest BCUT2D eigenvalue weighted by Crippen LogP contribution is -2.21. The molecule has 0 spiro atoms. The van der Waals surface area contributed by atoms with Crippen LogP contribution in [0.4, 0.5) is 17.6 Å². The number of alkyl halides is 2. The molecule has 34 heavy (non-hydrogen) atoms. The van der Waals surface area contributed by atoms with Crippen molar-refractivity contribution in [3.8, 4) is 5.75 Å². The fraction of sp³-hybridized carbons (Fsp3) is 0.786. The Labute approximate surface area is 205 Å². The van der Waals surface area contributed by atoms with Gasteiger partial charge in [0.15, 0.2) is 17.4 Å². The summed E-state index contributed by atoms with van der Waals surface area (Å²) in [6.45, 7) is 1.30. The summed E-state index contributed by atoms with van der Waals surface area (Å²) in [6.07, 6.45) is 13.9. The molecule has 1 aliphatic carbocycles. The van der Waals surface area contributed by atoms with Gasteiger partial charge in [-0.1, -0.05) is 82.8 Å². The third kappa shape index (κ3) is 8.87. The van der Waals surface area contributed by atoms with Crippen LogP contribution in [0.15, 0.2) is 12.1 Å². The summed E-state index contributed by atoms with van der Waals surface area (Å²) in [4.78, 5) is 0. The molecule has 2 fully saturated rings. The van der Waals surface area contributed by atoms with Crippen LogP contribution in [-0.2, 0) is 0 Å². The second kappa shape index (κ2) is 14.5. The van der Waals surface area contributed by atoms with E-state index in [0.29, 0.717) is 5.56 Å². The molecule has 1 saturated heterocycles. The molecule has 0 amide bonds. The number of hydrogen-bond donors (Lipinski definition) is 0. The van der Waals surface area contributed by atoms with Crippen molar-refractivity contribution in [3.05, 3.63) is 29.3 Å². The SMILES string of the molecule is CCCCC[Si@H]1CC[C@H](CCCC[C@H]2CC[C@H](c3cc(F)c(OCC(F)F)c(F)c3)CC2)CC1. The fourth-order valence-electron chi connectivity index (χ4n) is 6.24. The normalized spacial score (nSPS) is 25.6. The number of halogens is 4. The highest BCUT2D eigenvalue weighted by atomic mass is 28.3. The Balaban J connectivity index is 1.31. The van der Waals surface area contributed by atoms with Crippen LogP contribution in [0.3, 0.4) is 0 Å². The van der Waals surface area contributed by atoms with E-state index in [1.165, 1.54) is 69.9 Å². The Morgan fingerprint density at radius 1 is 0.853 bits per heavy atom. The summed E-state index contributed by atoms with van der Waals surface area (Å²) in [7, 11) is -0.394. The Kier molecular flexibility index (Phi) is 11.7. The Morgan fingerprint density at radius 2 is 1.44 bits per heavy atom. The highest BCUT2D eigenvalue weighted by Crippen LogP contribution is 2.40. The van der Waals surface area contributed by atoms with E-state index < -0.39 is 39.2 Å². The number of rotatable bonds is 13. The van der Waals surface area contributed by atoms with Crippen molar-refractivity contribution in [2.75, 3.05) is 6.61 Å². The fourth-order valence-corrected chi connectivity index (χ4v) is 9.86. The second-order valence-electron chi connectivity index (χ2n) is 10.9. The van der Waals surface area contributed by atoms with Gasteiger partial charge >= 0.3 is 0 Å². The Bertz CT molecular complexity index is 689. The summed E-state index contributed by atoms with van der Waals surface area (Å²) in [5, 5.41) is 0. The molecule has 0 atom stereocenters. The van der Waals surface area contributed by atoms with Crippen LogP contribution in [0.25, 0.3) is 0 Å². The molecular formula is C28H44F4OSi. The summed E-state index contributed by atoms with van der Waals surface area (Å²) < 4.78 is 57.7. The van der Waals surface area contributed by atoms with Crippen molar-refractivity contribution in [3.63, 3.8) is 0 Å². The minimum atomic E-state index is -2.76. The molecule has 2 aliphatic rings. The molecule has 1 aromatic rings. The monoisotopic (exact) mass is 500 g/mol. The molecule has 0 N–H and O–H groups in total. The van der Waals surface area contributed by atoms with Crippen LogP contribution < -0.4 is 4.74 Å². The van der Waals surface area contributed by atoms with Crippen molar-refractivity contribution in [1.82, 2.24) is 0 Å². The lowest BCUT2D eigenvalue weighted by Gasteiger charge is -2.30. The average Bonchev–Trinajstić information content (AvgIpc) is 2.82. The smallest absolute Gasteiger partial charge is 0.272 e. The minimum Gasteiger partial charge on any atom is -0.482 e. The van der Waals surface area contributed by atoms with Crippen LogP contribution in [-0.4, -0.2) is 21.8 Å². The number of benzene rings is 1. The van der Waals surface area contributed by atoms with E-state index in [9.17, 15) is 17.6 Å². The quantitative estimate of drug-likeness (QED) is 0.149. The largest absolute Gasteiger partial charge is 0.482 e. The third-order valence-electron chi connectivity index (χ3n) is 8.35. The van der Waals surface area contributed by atoms with Gasteiger partial charge in [0.2, 0.25) is 0 Å². The summed E-state index contributed by atoms with van der Waals surface area (Å²) in [5.41, 5.74) is 0.631. The second-order valence-corrected chi connectivity index (χ2v) is 14.4. The number of unbranched alkanes of at least 4 members (excludes halogenated alkanes) is 3. The van der Waals surface area contributed by atoms with Gasteiger partial charge in [-0.2, -0.15) is 0 Å². The molecule has 0 radical (unpaired) electrons. The van der Waals surface area contributed by atoms with Crippen molar-refractivity contribution >= 4 is 8.80 Å². The standard InChI is InChI=1S/C28H44F4OSi/c1-2-3-6-15-34-16-13-22(14-17-34)8-5-4-7-21-9-11-23(12-10-21)24-18-25(29)28(26(30)19-24)33-20-27(31)32/h18-19,21-23,27,34H,2-17,20H2,1H3/t21-,22-,23-,34-. The van der Waals surface area contributed by atoms with E-state index in [1.807, 2.05) is 0 Å². The molecule has 0 unspecified atom stereocenters. The van der Waals surface area contributed by atoms with E-state index in [1.54, 1.807) is 18.1 Å². The van der Waals surface area contributed by atoms with E-state index in [4.69, 9.17) is 0 Å². The number of ether oxygens (including phenoxy) is 1. The molecule has 194 valence electrons. The predicted molar refractivity (Wildman–Crippen MR) is 135 cm³/mol. The van der Waals surface area contributed by atoms with Crippen LogP contribution in [0.5, 0.6) is 5.75 Å². The molecule has 1 heterocycles. The first-order valence-corrected chi connectivity index (χ1v) is 16.3. The molecule has 3 rings (SSSR count). The van der Waals surface area contributed by atoms with Gasteiger partial charge in [-0.25, -0.2) is 17.6 Å². The highest BCUT2D eigenvalue weighted by Gasteiger charge is 2.25. The van der Waals surface area contributed by atoms with E-state index in [0.717, 1.165) is 37.5 Å². The number of hydrogen-bond acceptors (Lipinski definition) is 1. The van der Waals surface area contributed by atoms with Gasteiger partial charge in [0.1, 0.15) is 6.61 Å². The van der Waals surface area contributed by atoms with Crippen molar-refractivity contribution < 1.29 is 22.3 Å². The molecule has 6 heteroatoms. The van der Waals surface area contributed by atoms with Gasteiger partial charge in [0.05, 0.1) is 0 Å². The molecular weight excluding hydrogens is 456 g/mol. The van der Waals surface area contributed by atoms with Gasteiger partial charge in [-0.3, -0.25) is 0 Å². The van der Waals surface area contributed by atoms with Crippen LogP contribution in [0.2, 0.25) is 18.1 Å². The van der Waals surface area contributed by atoms with E-state index >= 15 is 0 Å². The topological polar surface area (TPSA) is 9.23 Å². The van der Waals surface area contributed by atoms with Gasteiger partial charge < -0.3 is 4.74 Å². The van der Waals surface area contributed by atoms with Crippen molar-refractivity contribution in [2.24, 2.45) is 11.8 Å². The van der Waals surface area contributed by atoms with E-state index in [-0.39, 0.29) is 5.92 Å². The van der Waals surface area contributed by atoms with Gasteiger partial charge in [-0.05, 0) is 61.1 Å². The molecule has 1 aromatic carbocycles. The first kappa shape index (κ1) is 27.5. The third-order valence-corrected chi connectivity index (χ3v) is 11.9. The molecule has 1 nitrogen and oxygen atoms in total. The molecule has 0 bridgehead atoms. The van der Waals surface area contributed by atoms with Crippen molar-refractivity contribution in [2.45, 2.75) is 121 Å². The van der Waals surface area contributed by atoms with Gasteiger partial charge in [0.25, 0.3) is 6.43 Å². The minimum absolute atomic E-state index is 0.140. The maximum Gasteiger partial charge on any atom is 0.272 e. The van der Waals surface area contributed by atoms with Gasteiger partial charge in [0, 0.05) is 8.80 Å². The zero-order chi connectivity index (χ0) is 24.3. The van der Waals surface area contributed by atoms with Gasteiger partial charge in [-0.15, -0.1) is 0 Å². The molecule has 0 aromatic heterocycles.